The van der Waals surface area contributed by atoms with Gasteiger partial charge in [0.05, 0.1) is 12.0 Å². The fourth-order valence-electron chi connectivity index (χ4n) is 1.39. The monoisotopic (exact) mass is 271 g/mol. The lowest BCUT2D eigenvalue weighted by Gasteiger charge is -2.16. The molecule has 1 aromatic carbocycles. The summed E-state index contributed by atoms with van der Waals surface area (Å²) >= 11 is 0. The van der Waals surface area contributed by atoms with Crippen LogP contribution in [0.4, 0.5) is 0 Å². The number of hydrogen-bond donors (Lipinski definition) is 0. The minimum absolute atomic E-state index is 0.178. The molecule has 0 amide bonds. The van der Waals surface area contributed by atoms with Gasteiger partial charge in [-0.2, -0.15) is 4.31 Å². The summed E-state index contributed by atoms with van der Waals surface area (Å²) in [7, 11) is -1.08. The average Bonchev–Trinajstić information content (AvgIpc) is 2.32. The normalized spacial score (nSPS) is 11.6. The number of ether oxygens (including phenoxy) is 1. The maximum absolute atomic E-state index is 12.2. The molecule has 0 aliphatic carbocycles. The molecule has 0 saturated carbocycles. The summed E-state index contributed by atoms with van der Waals surface area (Å²) in [6.07, 6.45) is 0. The van der Waals surface area contributed by atoms with Crippen LogP contribution in [-0.2, 0) is 19.6 Å². The molecule has 5 nitrogen and oxygen atoms in total. The predicted octanol–water partition coefficient (Wildman–Crippen LogP) is 1.10. The standard InChI is InChI=1S/C12H17NO4S/c1-9-5-6-11(7-10(9)2)18(15,16)13(3)8-12(14)17-4/h5-7H,8H2,1-4H3. The summed E-state index contributed by atoms with van der Waals surface area (Å²) in [5.41, 5.74) is 1.91. The Balaban J connectivity index is 3.05. The first-order valence-corrected chi connectivity index (χ1v) is 6.83. The van der Waals surface area contributed by atoms with E-state index in [-0.39, 0.29) is 11.4 Å². The van der Waals surface area contributed by atoms with Gasteiger partial charge in [-0.15, -0.1) is 0 Å². The molecule has 0 aliphatic rings. The van der Waals surface area contributed by atoms with Gasteiger partial charge in [0.15, 0.2) is 0 Å². The van der Waals surface area contributed by atoms with Gasteiger partial charge in [-0.25, -0.2) is 8.42 Å². The first-order valence-electron chi connectivity index (χ1n) is 5.39. The lowest BCUT2D eigenvalue weighted by atomic mass is 10.1. The van der Waals surface area contributed by atoms with Gasteiger partial charge in [-0.3, -0.25) is 4.79 Å². The average molecular weight is 271 g/mol. The van der Waals surface area contributed by atoms with Crippen LogP contribution in [-0.4, -0.2) is 39.4 Å². The third kappa shape index (κ3) is 3.08. The highest BCUT2D eigenvalue weighted by Gasteiger charge is 2.23. The zero-order chi connectivity index (χ0) is 13.9. The second-order valence-corrected chi connectivity index (χ2v) is 6.13. The van der Waals surface area contributed by atoms with Crippen LogP contribution < -0.4 is 0 Å². The number of carbonyl (C=O) groups is 1. The molecule has 18 heavy (non-hydrogen) atoms. The molecule has 0 N–H and O–H groups in total. The Hall–Kier alpha value is -1.40. The van der Waals surface area contributed by atoms with Crippen molar-refractivity contribution in [2.75, 3.05) is 20.7 Å². The minimum Gasteiger partial charge on any atom is -0.468 e. The van der Waals surface area contributed by atoms with Crippen LogP contribution in [0.25, 0.3) is 0 Å². The maximum atomic E-state index is 12.2. The van der Waals surface area contributed by atoms with Gasteiger partial charge in [0.25, 0.3) is 0 Å². The molecule has 1 aromatic rings. The number of hydrogen-bond acceptors (Lipinski definition) is 4. The van der Waals surface area contributed by atoms with E-state index >= 15 is 0 Å². The van der Waals surface area contributed by atoms with Gasteiger partial charge in [-0.1, -0.05) is 6.07 Å². The largest absolute Gasteiger partial charge is 0.468 e. The van der Waals surface area contributed by atoms with Crippen LogP contribution in [0.2, 0.25) is 0 Å². The Labute approximate surface area is 107 Å². The Kier molecular flexibility index (Phi) is 4.48. The van der Waals surface area contributed by atoms with Crippen molar-refractivity contribution in [3.63, 3.8) is 0 Å². The van der Waals surface area contributed by atoms with E-state index < -0.39 is 16.0 Å². The zero-order valence-corrected chi connectivity index (χ0v) is 11.7. The van der Waals surface area contributed by atoms with Crippen molar-refractivity contribution in [2.45, 2.75) is 18.7 Å². The summed E-state index contributed by atoms with van der Waals surface area (Å²) < 4.78 is 29.8. The van der Waals surface area contributed by atoms with E-state index in [4.69, 9.17) is 0 Å². The molecular weight excluding hydrogens is 254 g/mol. The number of aryl methyl sites for hydroxylation is 2. The van der Waals surface area contributed by atoms with E-state index in [9.17, 15) is 13.2 Å². The number of benzene rings is 1. The topological polar surface area (TPSA) is 63.7 Å². The molecule has 0 spiro atoms. The van der Waals surface area contributed by atoms with Gasteiger partial charge in [0, 0.05) is 7.05 Å². The SMILES string of the molecule is COC(=O)CN(C)S(=O)(=O)c1ccc(C)c(C)c1. The molecule has 0 radical (unpaired) electrons. The third-order valence-electron chi connectivity index (χ3n) is 2.77. The van der Waals surface area contributed by atoms with Crippen molar-refractivity contribution in [3.05, 3.63) is 29.3 Å². The molecule has 6 heteroatoms. The smallest absolute Gasteiger partial charge is 0.321 e. The maximum Gasteiger partial charge on any atom is 0.321 e. The van der Waals surface area contributed by atoms with Crippen molar-refractivity contribution in [1.29, 1.82) is 0 Å². The fourth-order valence-corrected chi connectivity index (χ4v) is 2.59. The van der Waals surface area contributed by atoms with Crippen LogP contribution in [0, 0.1) is 13.8 Å². The summed E-state index contributed by atoms with van der Waals surface area (Å²) in [4.78, 5) is 11.3. The van der Waals surface area contributed by atoms with Crippen molar-refractivity contribution >= 4 is 16.0 Å². The number of rotatable bonds is 4. The lowest BCUT2D eigenvalue weighted by molar-refractivity contribution is -0.140. The number of sulfonamides is 1. The molecule has 0 unspecified atom stereocenters. The minimum atomic E-state index is -3.65. The molecule has 0 heterocycles. The first-order chi connectivity index (χ1) is 8.28. The molecule has 0 fully saturated rings. The van der Waals surface area contributed by atoms with Crippen LogP contribution >= 0.6 is 0 Å². The molecular formula is C12H17NO4S. The van der Waals surface area contributed by atoms with E-state index in [1.165, 1.54) is 20.2 Å². The van der Waals surface area contributed by atoms with Crippen molar-refractivity contribution in [2.24, 2.45) is 0 Å². The van der Waals surface area contributed by atoms with E-state index in [1.807, 2.05) is 13.8 Å². The first kappa shape index (κ1) is 14.7. The highest BCUT2D eigenvalue weighted by Crippen LogP contribution is 2.17. The summed E-state index contributed by atoms with van der Waals surface area (Å²) in [6, 6.07) is 4.87. The molecule has 0 aromatic heterocycles. The summed E-state index contributed by atoms with van der Waals surface area (Å²) in [5.74, 6) is -0.593. The van der Waals surface area contributed by atoms with Gasteiger partial charge in [-0.05, 0) is 37.1 Å². The Morgan fingerprint density at radius 1 is 1.28 bits per heavy atom. The van der Waals surface area contributed by atoms with Gasteiger partial charge < -0.3 is 4.74 Å². The number of likely N-dealkylation sites (N-methyl/N-ethyl adjacent to an activating group) is 1. The third-order valence-corrected chi connectivity index (χ3v) is 4.57. The van der Waals surface area contributed by atoms with Crippen molar-refractivity contribution in [3.8, 4) is 0 Å². The Bertz CT molecular complexity index is 551. The molecule has 0 atom stereocenters. The molecule has 1 rings (SSSR count). The molecule has 0 aliphatic heterocycles. The zero-order valence-electron chi connectivity index (χ0n) is 10.9. The lowest BCUT2D eigenvalue weighted by Crippen LogP contribution is -2.32. The highest BCUT2D eigenvalue weighted by molar-refractivity contribution is 7.89. The predicted molar refractivity (Wildman–Crippen MR) is 67.7 cm³/mol. The molecule has 100 valence electrons. The second-order valence-electron chi connectivity index (χ2n) is 4.08. The van der Waals surface area contributed by atoms with E-state index in [2.05, 4.69) is 4.74 Å². The van der Waals surface area contributed by atoms with E-state index in [0.29, 0.717) is 0 Å². The Morgan fingerprint density at radius 2 is 1.89 bits per heavy atom. The summed E-state index contributed by atoms with van der Waals surface area (Å²) in [6.45, 7) is 3.45. The van der Waals surface area contributed by atoms with Crippen LogP contribution in [0.15, 0.2) is 23.1 Å². The van der Waals surface area contributed by atoms with Crippen molar-refractivity contribution in [1.82, 2.24) is 4.31 Å². The number of esters is 1. The van der Waals surface area contributed by atoms with Crippen LogP contribution in [0.1, 0.15) is 11.1 Å². The number of nitrogens with zero attached hydrogens (tertiary/aromatic N) is 1. The number of methoxy groups -OCH3 is 1. The van der Waals surface area contributed by atoms with Gasteiger partial charge in [0.1, 0.15) is 6.54 Å². The number of carbonyl (C=O) groups excluding carboxylic acids is 1. The second kappa shape index (κ2) is 5.49. The Morgan fingerprint density at radius 3 is 2.39 bits per heavy atom. The molecule has 0 bridgehead atoms. The van der Waals surface area contributed by atoms with Gasteiger partial charge in [0.2, 0.25) is 10.0 Å². The van der Waals surface area contributed by atoms with Crippen LogP contribution in [0.3, 0.4) is 0 Å². The quantitative estimate of drug-likeness (QED) is 0.769. The van der Waals surface area contributed by atoms with E-state index in [1.54, 1.807) is 12.1 Å². The fraction of sp³-hybridized carbons (Fsp3) is 0.417. The van der Waals surface area contributed by atoms with E-state index in [0.717, 1.165) is 15.4 Å². The van der Waals surface area contributed by atoms with Gasteiger partial charge >= 0.3 is 5.97 Å². The molecule has 0 saturated heterocycles. The van der Waals surface area contributed by atoms with Crippen LogP contribution in [0.5, 0.6) is 0 Å². The summed E-state index contributed by atoms with van der Waals surface area (Å²) in [5, 5.41) is 0. The van der Waals surface area contributed by atoms with Crippen molar-refractivity contribution < 1.29 is 17.9 Å². The highest BCUT2D eigenvalue weighted by atomic mass is 32.2.